The van der Waals surface area contributed by atoms with Crippen molar-refractivity contribution >= 4 is 23.5 Å². The van der Waals surface area contributed by atoms with Crippen molar-refractivity contribution in [2.45, 2.75) is 51.2 Å². The molecule has 0 fully saturated rings. The number of amides is 3. The number of benzene rings is 2. The fraction of sp³-hybridized carbons (Fsp3) is 0.414. The second-order valence-electron chi connectivity index (χ2n) is 10.4. The van der Waals surface area contributed by atoms with Crippen LogP contribution in [0.1, 0.15) is 48.4 Å². The van der Waals surface area contributed by atoms with E-state index in [1.165, 1.54) is 13.8 Å². The number of tetrazole rings is 1. The number of aromatic amines is 1. The van der Waals surface area contributed by atoms with Gasteiger partial charge in [-0.2, -0.15) is 5.21 Å². The lowest BCUT2D eigenvalue weighted by molar-refractivity contribution is -0.132. The van der Waals surface area contributed by atoms with Gasteiger partial charge in [0.05, 0.1) is 12.0 Å². The van der Waals surface area contributed by atoms with Gasteiger partial charge in [-0.05, 0) is 61.4 Å². The average molecular weight is 608 g/mol. The predicted octanol–water partition coefficient (Wildman–Crippen LogP) is -0.422. The topological polar surface area (TPSA) is 229 Å². The molecule has 1 aliphatic rings. The summed E-state index contributed by atoms with van der Waals surface area (Å²) in [5.74, 6) is -1.94. The molecule has 1 aromatic heterocycles. The standard InChI is InChI=1S/C29H37N9O6/c1-15-19-5-7-24(44-11-9-31)21(14-19)20-12-18(4-6-23(20)43-10-8-30)13-22(34-28(41)17(3)33-27(15)40)29(42)32-16(2)25(39)26-35-37-38-36-26/h4-7,12,14-17,22H,8-11,13,30-31H2,1-3H3,(H,32,42)(H,33,40)(H,34,41)(H,35,36,37,38)/t15-,16-,17-,22-/m0/s1. The third-order valence-electron chi connectivity index (χ3n) is 7.12. The van der Waals surface area contributed by atoms with Crippen LogP contribution in [0.5, 0.6) is 11.5 Å². The van der Waals surface area contributed by atoms with Crippen molar-refractivity contribution in [2.24, 2.45) is 11.5 Å². The smallest absolute Gasteiger partial charge is 0.243 e. The predicted molar refractivity (Wildman–Crippen MR) is 159 cm³/mol. The molecule has 8 N–H and O–H groups in total. The van der Waals surface area contributed by atoms with E-state index in [4.69, 9.17) is 20.9 Å². The normalized spacial score (nSPS) is 19.2. The molecule has 0 radical (unpaired) electrons. The minimum Gasteiger partial charge on any atom is -0.492 e. The molecule has 15 heteroatoms. The number of hydrogen-bond acceptors (Lipinski definition) is 11. The fourth-order valence-corrected chi connectivity index (χ4v) is 4.67. The van der Waals surface area contributed by atoms with Gasteiger partial charge in [-0.1, -0.05) is 12.1 Å². The second kappa shape index (κ2) is 14.5. The second-order valence-corrected chi connectivity index (χ2v) is 10.4. The summed E-state index contributed by atoms with van der Waals surface area (Å²) in [5.41, 5.74) is 14.1. The van der Waals surface area contributed by atoms with Crippen molar-refractivity contribution < 1.29 is 28.7 Å². The summed E-state index contributed by atoms with van der Waals surface area (Å²) < 4.78 is 11.9. The summed E-state index contributed by atoms with van der Waals surface area (Å²) in [6, 6.07) is 7.67. The molecular weight excluding hydrogens is 570 g/mol. The molecule has 234 valence electrons. The molecule has 0 spiro atoms. The van der Waals surface area contributed by atoms with Crippen LogP contribution in [0.15, 0.2) is 36.4 Å². The van der Waals surface area contributed by atoms with Crippen molar-refractivity contribution in [2.75, 3.05) is 26.3 Å². The van der Waals surface area contributed by atoms with E-state index in [9.17, 15) is 19.2 Å². The average Bonchev–Trinajstić information content (AvgIpc) is 3.56. The maximum atomic E-state index is 13.5. The number of carbonyl (C=O) groups excluding carboxylic acids is 4. The molecule has 44 heavy (non-hydrogen) atoms. The Kier molecular flexibility index (Phi) is 10.6. The van der Waals surface area contributed by atoms with Crippen molar-refractivity contribution in [3.8, 4) is 22.6 Å². The maximum absolute atomic E-state index is 13.5. The van der Waals surface area contributed by atoms with Crippen LogP contribution in [0.4, 0.5) is 0 Å². The number of nitrogens with two attached hydrogens (primary N) is 2. The number of nitrogens with one attached hydrogen (secondary N) is 4. The van der Waals surface area contributed by atoms with Crippen LogP contribution in [-0.2, 0) is 20.8 Å². The van der Waals surface area contributed by atoms with E-state index in [0.717, 1.165) is 0 Å². The van der Waals surface area contributed by atoms with E-state index in [0.29, 0.717) is 40.3 Å². The molecule has 1 aliphatic heterocycles. The highest BCUT2D eigenvalue weighted by atomic mass is 16.5. The largest absolute Gasteiger partial charge is 0.492 e. The van der Waals surface area contributed by atoms with E-state index < -0.39 is 41.6 Å². The Morgan fingerprint density at radius 1 is 0.977 bits per heavy atom. The number of carbonyl (C=O) groups is 4. The molecule has 2 aromatic carbocycles. The van der Waals surface area contributed by atoms with Crippen LogP contribution in [0.3, 0.4) is 0 Å². The summed E-state index contributed by atoms with van der Waals surface area (Å²) >= 11 is 0. The van der Waals surface area contributed by atoms with E-state index in [1.807, 2.05) is 12.1 Å². The number of aromatic nitrogens is 4. The number of fused-ring (bicyclic) bond motifs is 5. The Bertz CT molecular complexity index is 1500. The molecule has 2 heterocycles. The number of H-pyrrole nitrogens is 1. The van der Waals surface area contributed by atoms with E-state index in [2.05, 4.69) is 36.6 Å². The Labute approximate surface area is 253 Å². The molecule has 0 saturated carbocycles. The highest BCUT2D eigenvalue weighted by molar-refractivity contribution is 6.00. The first kappa shape index (κ1) is 32.0. The van der Waals surface area contributed by atoms with Crippen molar-refractivity contribution in [3.63, 3.8) is 0 Å². The van der Waals surface area contributed by atoms with Gasteiger partial charge in [0, 0.05) is 30.6 Å². The molecule has 4 atom stereocenters. The molecule has 0 unspecified atom stereocenters. The summed E-state index contributed by atoms with van der Waals surface area (Å²) in [5, 5.41) is 21.0. The molecule has 4 bridgehead atoms. The molecule has 0 saturated heterocycles. The molecule has 3 amide bonds. The molecule has 4 rings (SSSR count). The Morgan fingerprint density at radius 2 is 1.64 bits per heavy atom. The number of Topliss-reactive ketones (excluding diaryl/α,β-unsaturated/α-hetero) is 1. The Morgan fingerprint density at radius 3 is 2.27 bits per heavy atom. The van der Waals surface area contributed by atoms with Gasteiger partial charge >= 0.3 is 0 Å². The maximum Gasteiger partial charge on any atom is 0.243 e. The molecular formula is C29H37N9O6. The summed E-state index contributed by atoms with van der Waals surface area (Å²) in [4.78, 5) is 52.6. The van der Waals surface area contributed by atoms with Gasteiger partial charge in [0.2, 0.25) is 29.3 Å². The highest BCUT2D eigenvalue weighted by Crippen LogP contribution is 2.39. The van der Waals surface area contributed by atoms with Crippen LogP contribution < -0.4 is 36.9 Å². The van der Waals surface area contributed by atoms with Crippen molar-refractivity contribution in [1.82, 2.24) is 36.6 Å². The zero-order chi connectivity index (χ0) is 31.8. The first-order chi connectivity index (χ1) is 21.1. The van der Waals surface area contributed by atoms with Gasteiger partial charge in [0.15, 0.2) is 0 Å². The monoisotopic (exact) mass is 607 g/mol. The highest BCUT2D eigenvalue weighted by Gasteiger charge is 2.30. The van der Waals surface area contributed by atoms with E-state index >= 15 is 0 Å². The lowest BCUT2D eigenvalue weighted by Crippen LogP contribution is -2.55. The van der Waals surface area contributed by atoms with E-state index in [1.54, 1.807) is 31.2 Å². The van der Waals surface area contributed by atoms with Gasteiger partial charge < -0.3 is 36.9 Å². The lowest BCUT2D eigenvalue weighted by atomic mass is 9.92. The van der Waals surface area contributed by atoms with Gasteiger partial charge in [0.1, 0.15) is 36.8 Å². The van der Waals surface area contributed by atoms with Crippen LogP contribution in [0, 0.1) is 0 Å². The van der Waals surface area contributed by atoms with Gasteiger partial charge in [-0.25, -0.2) is 0 Å². The quantitative estimate of drug-likeness (QED) is 0.162. The minimum atomic E-state index is -1.12. The Balaban J connectivity index is 1.78. The number of ether oxygens (including phenoxy) is 2. The first-order valence-electron chi connectivity index (χ1n) is 14.2. The Hall–Kier alpha value is -4.89. The third-order valence-corrected chi connectivity index (χ3v) is 7.12. The van der Waals surface area contributed by atoms with E-state index in [-0.39, 0.29) is 37.9 Å². The van der Waals surface area contributed by atoms with Gasteiger partial charge in [-0.15, -0.1) is 10.2 Å². The molecule has 0 aliphatic carbocycles. The first-order valence-corrected chi connectivity index (χ1v) is 14.2. The van der Waals surface area contributed by atoms with Crippen molar-refractivity contribution in [1.29, 1.82) is 0 Å². The summed E-state index contributed by atoms with van der Waals surface area (Å²) in [6.45, 7) is 5.80. The lowest BCUT2D eigenvalue weighted by Gasteiger charge is -2.25. The minimum absolute atomic E-state index is 0.0423. The third kappa shape index (κ3) is 7.54. The number of rotatable bonds is 10. The van der Waals surface area contributed by atoms with Gasteiger partial charge in [0.25, 0.3) is 0 Å². The number of ketones is 1. The van der Waals surface area contributed by atoms with Crippen LogP contribution >= 0.6 is 0 Å². The van der Waals surface area contributed by atoms with Crippen LogP contribution in [0.2, 0.25) is 0 Å². The van der Waals surface area contributed by atoms with Crippen molar-refractivity contribution in [3.05, 3.63) is 53.3 Å². The number of hydrogen-bond donors (Lipinski definition) is 6. The van der Waals surface area contributed by atoms with Gasteiger partial charge in [-0.3, -0.25) is 19.2 Å². The fourth-order valence-electron chi connectivity index (χ4n) is 4.67. The zero-order valence-electron chi connectivity index (χ0n) is 24.8. The SMILES string of the molecule is C[C@@H]1NC(=O)[C@@H](C)c2ccc(OCCN)c(c2)-c2cc(ccc2OCCN)C[C@@H](C(=O)N[C@@H](C)C(=O)c2nn[nH]n2)NC1=O. The zero-order valence-corrected chi connectivity index (χ0v) is 24.8. The molecule has 3 aromatic rings. The molecule has 15 nitrogen and oxygen atoms in total. The van der Waals surface area contributed by atoms with Crippen LogP contribution in [-0.4, -0.2) is 88.6 Å². The summed E-state index contributed by atoms with van der Waals surface area (Å²) in [6.07, 6.45) is 0.0423. The van der Waals surface area contributed by atoms with Crippen LogP contribution in [0.25, 0.3) is 11.1 Å². The summed E-state index contributed by atoms with van der Waals surface area (Å²) in [7, 11) is 0. The number of nitrogens with zero attached hydrogens (tertiary/aromatic N) is 3.